The van der Waals surface area contributed by atoms with Crippen molar-refractivity contribution in [2.24, 2.45) is 11.8 Å². The Morgan fingerprint density at radius 3 is 1.65 bits per heavy atom. The van der Waals surface area contributed by atoms with Crippen molar-refractivity contribution >= 4 is 0 Å². The van der Waals surface area contributed by atoms with Crippen molar-refractivity contribution in [1.82, 2.24) is 9.80 Å². The van der Waals surface area contributed by atoms with Gasteiger partial charge in [0.05, 0.1) is 0 Å². The maximum absolute atomic E-state index is 2.65. The largest absolute Gasteiger partial charge is 0.304 e. The Balaban J connectivity index is 0.000000796. The molecule has 122 valence electrons. The summed E-state index contributed by atoms with van der Waals surface area (Å²) >= 11 is 0. The van der Waals surface area contributed by atoms with E-state index in [1.54, 1.807) is 0 Å². The van der Waals surface area contributed by atoms with Gasteiger partial charge in [0, 0.05) is 26.2 Å². The molecular formula is C18H40N2. The lowest BCUT2D eigenvalue weighted by Crippen LogP contribution is -2.44. The Labute approximate surface area is 128 Å². The van der Waals surface area contributed by atoms with Crippen LogP contribution < -0.4 is 0 Å². The van der Waals surface area contributed by atoms with Crippen molar-refractivity contribution in [3.8, 4) is 0 Å². The van der Waals surface area contributed by atoms with Gasteiger partial charge >= 0.3 is 0 Å². The van der Waals surface area contributed by atoms with Gasteiger partial charge < -0.3 is 9.80 Å². The summed E-state index contributed by atoms with van der Waals surface area (Å²) in [5.41, 5.74) is 0. The molecule has 0 atom stereocenters. The number of rotatable bonds is 7. The molecule has 0 N–H and O–H groups in total. The lowest BCUT2D eigenvalue weighted by atomic mass is 9.94. The lowest BCUT2D eigenvalue weighted by Gasteiger charge is -2.33. The van der Waals surface area contributed by atoms with Gasteiger partial charge in [-0.25, -0.2) is 0 Å². The average Bonchev–Trinajstić information content (AvgIpc) is 2.38. The van der Waals surface area contributed by atoms with Gasteiger partial charge in [0.25, 0.3) is 0 Å². The van der Waals surface area contributed by atoms with Gasteiger partial charge in [-0.2, -0.15) is 0 Å². The summed E-state index contributed by atoms with van der Waals surface area (Å²) in [5.74, 6) is 1.81. The Morgan fingerprint density at radius 2 is 1.25 bits per heavy atom. The first-order valence-electron chi connectivity index (χ1n) is 8.90. The predicted octanol–water partition coefficient (Wildman–Crippen LogP) is 4.50. The Kier molecular flexibility index (Phi) is 12.6. The van der Waals surface area contributed by atoms with Crippen LogP contribution in [-0.2, 0) is 0 Å². The molecule has 1 saturated heterocycles. The minimum absolute atomic E-state index is 0.833. The van der Waals surface area contributed by atoms with E-state index in [2.05, 4.69) is 51.5 Å². The monoisotopic (exact) mass is 284 g/mol. The number of hydrogen-bond donors (Lipinski definition) is 0. The molecule has 0 amide bonds. The van der Waals surface area contributed by atoms with E-state index in [-0.39, 0.29) is 0 Å². The minimum atomic E-state index is 0.833. The summed E-state index contributed by atoms with van der Waals surface area (Å²) in [4.78, 5) is 5.09. The topological polar surface area (TPSA) is 6.48 Å². The Bertz CT molecular complexity index is 187. The zero-order chi connectivity index (χ0) is 15.4. The van der Waals surface area contributed by atoms with Crippen LogP contribution in [0.4, 0.5) is 0 Å². The van der Waals surface area contributed by atoms with Crippen LogP contribution in [0.25, 0.3) is 0 Å². The highest BCUT2D eigenvalue weighted by atomic mass is 15.2. The third kappa shape index (κ3) is 11.7. The van der Waals surface area contributed by atoms with Crippen LogP contribution >= 0.6 is 0 Å². The Morgan fingerprint density at radius 1 is 0.800 bits per heavy atom. The summed E-state index contributed by atoms with van der Waals surface area (Å²) in [5, 5.41) is 0. The quantitative estimate of drug-likeness (QED) is 0.679. The highest BCUT2D eigenvalue weighted by Crippen LogP contribution is 2.18. The van der Waals surface area contributed by atoms with E-state index >= 15 is 0 Å². The highest BCUT2D eigenvalue weighted by Gasteiger charge is 2.15. The van der Waals surface area contributed by atoms with Crippen molar-refractivity contribution in [3.05, 3.63) is 0 Å². The van der Waals surface area contributed by atoms with Crippen molar-refractivity contribution in [2.75, 3.05) is 39.8 Å². The van der Waals surface area contributed by atoms with Gasteiger partial charge in [0.1, 0.15) is 0 Å². The van der Waals surface area contributed by atoms with Gasteiger partial charge in [-0.15, -0.1) is 0 Å². The van der Waals surface area contributed by atoms with E-state index in [1.165, 1.54) is 64.8 Å². The third-order valence-electron chi connectivity index (χ3n) is 3.84. The molecule has 1 aliphatic heterocycles. The van der Waals surface area contributed by atoms with E-state index in [1.807, 2.05) is 0 Å². The molecule has 0 aromatic heterocycles. The summed E-state index contributed by atoms with van der Waals surface area (Å²) < 4.78 is 0. The van der Waals surface area contributed by atoms with Crippen LogP contribution in [-0.4, -0.2) is 49.6 Å². The average molecular weight is 285 g/mol. The van der Waals surface area contributed by atoms with Gasteiger partial charge in [-0.3, -0.25) is 0 Å². The van der Waals surface area contributed by atoms with E-state index in [9.17, 15) is 0 Å². The van der Waals surface area contributed by atoms with Gasteiger partial charge in [0.2, 0.25) is 0 Å². The molecule has 0 unspecified atom stereocenters. The second-order valence-corrected chi connectivity index (χ2v) is 7.11. The first kappa shape index (κ1) is 19.9. The predicted molar refractivity (Wildman–Crippen MR) is 92.4 cm³/mol. The van der Waals surface area contributed by atoms with Crippen LogP contribution in [0, 0.1) is 11.8 Å². The van der Waals surface area contributed by atoms with Crippen molar-refractivity contribution in [1.29, 1.82) is 0 Å². The van der Waals surface area contributed by atoms with Crippen molar-refractivity contribution in [2.45, 2.75) is 66.7 Å². The van der Waals surface area contributed by atoms with Crippen LogP contribution in [0.5, 0.6) is 0 Å². The zero-order valence-electron chi connectivity index (χ0n) is 15.1. The van der Waals surface area contributed by atoms with E-state index in [0.29, 0.717) is 0 Å². The molecule has 1 rings (SSSR count). The summed E-state index contributed by atoms with van der Waals surface area (Å²) in [7, 11) is 2.23. The molecular weight excluding hydrogens is 244 g/mol. The van der Waals surface area contributed by atoms with Crippen LogP contribution in [0.2, 0.25) is 0 Å². The molecule has 0 aromatic carbocycles. The second kappa shape index (κ2) is 12.6. The highest BCUT2D eigenvalue weighted by molar-refractivity contribution is 4.70. The molecule has 0 aromatic rings. The molecule has 0 saturated carbocycles. The van der Waals surface area contributed by atoms with Crippen molar-refractivity contribution < 1.29 is 0 Å². The number of hydrogen-bond acceptors (Lipinski definition) is 2. The van der Waals surface area contributed by atoms with Crippen LogP contribution in [0.3, 0.4) is 0 Å². The van der Waals surface area contributed by atoms with Crippen LogP contribution in [0.1, 0.15) is 66.7 Å². The SMILES string of the molecule is CC(C)C.CCCC(CCC)CCN1CCN(C)CC1. The van der Waals surface area contributed by atoms with E-state index < -0.39 is 0 Å². The van der Waals surface area contributed by atoms with Gasteiger partial charge in [-0.05, 0) is 31.8 Å². The fourth-order valence-electron chi connectivity index (χ4n) is 2.69. The summed E-state index contributed by atoms with van der Waals surface area (Å²) in [6.07, 6.45) is 7.00. The van der Waals surface area contributed by atoms with E-state index in [4.69, 9.17) is 0 Å². The lowest BCUT2D eigenvalue weighted by molar-refractivity contribution is 0.145. The molecule has 1 heterocycles. The minimum Gasteiger partial charge on any atom is -0.304 e. The molecule has 2 heteroatoms. The molecule has 1 fully saturated rings. The summed E-state index contributed by atoms with van der Waals surface area (Å²) in [6, 6.07) is 0. The fourth-order valence-corrected chi connectivity index (χ4v) is 2.69. The maximum atomic E-state index is 2.65. The smallest absolute Gasteiger partial charge is 0.0110 e. The molecule has 0 spiro atoms. The summed E-state index contributed by atoms with van der Waals surface area (Å²) in [6.45, 7) is 17.5. The molecule has 0 aliphatic carbocycles. The fraction of sp³-hybridized carbons (Fsp3) is 1.00. The maximum Gasteiger partial charge on any atom is 0.0110 e. The van der Waals surface area contributed by atoms with Gasteiger partial charge in [0.15, 0.2) is 0 Å². The zero-order valence-corrected chi connectivity index (χ0v) is 15.1. The standard InChI is InChI=1S/C14H30N2.C4H10/c1-4-6-14(7-5-2)8-9-16-12-10-15(3)11-13-16;1-4(2)3/h14H,4-13H2,1-3H3;4H,1-3H3. The molecule has 20 heavy (non-hydrogen) atoms. The third-order valence-corrected chi connectivity index (χ3v) is 3.84. The van der Waals surface area contributed by atoms with Crippen molar-refractivity contribution in [3.63, 3.8) is 0 Å². The van der Waals surface area contributed by atoms with Gasteiger partial charge in [-0.1, -0.05) is 60.3 Å². The molecule has 0 radical (unpaired) electrons. The second-order valence-electron chi connectivity index (χ2n) is 7.11. The first-order valence-corrected chi connectivity index (χ1v) is 8.90. The number of likely N-dealkylation sites (N-methyl/N-ethyl adjacent to an activating group) is 1. The normalized spacial score (nSPS) is 17.4. The van der Waals surface area contributed by atoms with Crippen LogP contribution in [0.15, 0.2) is 0 Å². The number of piperazine rings is 1. The van der Waals surface area contributed by atoms with E-state index in [0.717, 1.165) is 11.8 Å². The molecule has 2 nitrogen and oxygen atoms in total. The molecule has 1 aliphatic rings. The first-order chi connectivity index (χ1) is 9.49. The number of nitrogens with zero attached hydrogens (tertiary/aromatic N) is 2. The Hall–Kier alpha value is -0.0800. The molecule has 0 bridgehead atoms.